The molecule has 0 aliphatic rings. The largest absolute Gasteiger partial charge is 0.461 e. The van der Waals surface area contributed by atoms with Gasteiger partial charge in [-0.3, -0.25) is 0 Å². The van der Waals surface area contributed by atoms with E-state index < -0.39 is 5.97 Å². The van der Waals surface area contributed by atoms with Crippen LogP contribution in [0.1, 0.15) is 17.4 Å². The van der Waals surface area contributed by atoms with Gasteiger partial charge < -0.3 is 9.30 Å². The van der Waals surface area contributed by atoms with Gasteiger partial charge in [-0.1, -0.05) is 0 Å². The molecule has 0 N–H and O–H groups in total. The van der Waals surface area contributed by atoms with Crippen LogP contribution in [-0.2, 0) is 4.74 Å². The minimum absolute atomic E-state index is 0.195. The van der Waals surface area contributed by atoms with E-state index in [2.05, 4.69) is 20.9 Å². The maximum absolute atomic E-state index is 13.4. The lowest BCUT2D eigenvalue weighted by Crippen LogP contribution is -2.04. The molecule has 18 heavy (non-hydrogen) atoms. The van der Waals surface area contributed by atoms with Crippen LogP contribution < -0.4 is 0 Å². The van der Waals surface area contributed by atoms with Crippen LogP contribution in [0.4, 0.5) is 4.39 Å². The van der Waals surface area contributed by atoms with Crippen LogP contribution in [0.2, 0.25) is 0 Å². The van der Waals surface area contributed by atoms with Crippen LogP contribution in [0.25, 0.3) is 5.69 Å². The average molecular weight is 313 g/mol. The highest BCUT2D eigenvalue weighted by Gasteiger charge is 2.11. The molecule has 0 radical (unpaired) electrons. The van der Waals surface area contributed by atoms with Crippen molar-refractivity contribution in [2.45, 2.75) is 6.92 Å². The third-order valence-electron chi connectivity index (χ3n) is 2.27. The van der Waals surface area contributed by atoms with Gasteiger partial charge in [0, 0.05) is 11.9 Å². The molecule has 0 bridgehead atoms. The first kappa shape index (κ1) is 12.8. The molecule has 0 fully saturated rings. The van der Waals surface area contributed by atoms with Crippen molar-refractivity contribution in [3.63, 3.8) is 0 Å². The monoisotopic (exact) mass is 312 g/mol. The number of nitrogens with zero attached hydrogens (tertiary/aromatic N) is 2. The molecule has 0 atom stereocenters. The molecule has 0 saturated carbocycles. The number of carbonyl (C=O) groups excluding carboxylic acids is 1. The molecule has 4 nitrogen and oxygen atoms in total. The molecule has 0 aliphatic carbocycles. The fraction of sp³-hybridized carbons (Fsp3) is 0.167. The number of esters is 1. The zero-order chi connectivity index (χ0) is 13.1. The Kier molecular flexibility index (Phi) is 3.76. The minimum atomic E-state index is -0.492. The van der Waals surface area contributed by atoms with Crippen LogP contribution in [0.15, 0.2) is 35.2 Å². The van der Waals surface area contributed by atoms with E-state index in [-0.39, 0.29) is 11.5 Å². The summed E-state index contributed by atoms with van der Waals surface area (Å²) in [6.07, 6.45) is 2.94. The van der Waals surface area contributed by atoms with Crippen LogP contribution in [0.3, 0.4) is 0 Å². The molecule has 0 spiro atoms. The summed E-state index contributed by atoms with van der Waals surface area (Å²) in [5, 5.41) is 0. The van der Waals surface area contributed by atoms with Crippen molar-refractivity contribution in [2.24, 2.45) is 0 Å². The van der Waals surface area contributed by atoms with Gasteiger partial charge in [0.15, 0.2) is 5.69 Å². The van der Waals surface area contributed by atoms with E-state index in [9.17, 15) is 9.18 Å². The molecular formula is C12H10BrFN2O2. The van der Waals surface area contributed by atoms with E-state index in [1.165, 1.54) is 18.6 Å². The first-order valence-corrected chi connectivity index (χ1v) is 6.07. The van der Waals surface area contributed by atoms with Crippen molar-refractivity contribution in [1.82, 2.24) is 9.55 Å². The molecule has 0 unspecified atom stereocenters. The summed E-state index contributed by atoms with van der Waals surface area (Å²) < 4.78 is 20.1. The van der Waals surface area contributed by atoms with Crippen LogP contribution >= 0.6 is 15.9 Å². The van der Waals surface area contributed by atoms with Crippen molar-refractivity contribution in [2.75, 3.05) is 6.61 Å². The molecule has 94 valence electrons. The molecule has 1 aromatic heterocycles. The van der Waals surface area contributed by atoms with E-state index in [1.54, 1.807) is 23.6 Å². The topological polar surface area (TPSA) is 44.1 Å². The quantitative estimate of drug-likeness (QED) is 0.818. The normalized spacial score (nSPS) is 10.4. The first-order valence-electron chi connectivity index (χ1n) is 5.28. The Morgan fingerprint density at radius 2 is 2.33 bits per heavy atom. The zero-order valence-electron chi connectivity index (χ0n) is 9.56. The van der Waals surface area contributed by atoms with Gasteiger partial charge in [-0.05, 0) is 41.1 Å². The number of imidazole rings is 1. The van der Waals surface area contributed by atoms with Crippen LogP contribution in [-0.4, -0.2) is 22.1 Å². The lowest BCUT2D eigenvalue weighted by Gasteiger charge is -2.02. The average Bonchev–Trinajstić information content (AvgIpc) is 2.82. The smallest absolute Gasteiger partial charge is 0.358 e. The SMILES string of the molecule is CCOC(=O)c1cn(-c2ccc(Br)c(F)c2)cn1. The van der Waals surface area contributed by atoms with Gasteiger partial charge in [-0.25, -0.2) is 14.2 Å². The Labute approximate surface area is 112 Å². The van der Waals surface area contributed by atoms with Gasteiger partial charge in [-0.15, -0.1) is 0 Å². The van der Waals surface area contributed by atoms with Gasteiger partial charge in [0.25, 0.3) is 0 Å². The Bertz CT molecular complexity index is 583. The number of carbonyl (C=O) groups is 1. The molecular weight excluding hydrogens is 303 g/mol. The van der Waals surface area contributed by atoms with Crippen molar-refractivity contribution >= 4 is 21.9 Å². The molecule has 0 aliphatic heterocycles. The predicted octanol–water partition coefficient (Wildman–Crippen LogP) is 2.95. The number of hydrogen-bond acceptors (Lipinski definition) is 3. The van der Waals surface area contributed by atoms with Gasteiger partial charge in [-0.2, -0.15) is 0 Å². The number of rotatable bonds is 3. The summed E-state index contributed by atoms with van der Waals surface area (Å²) in [4.78, 5) is 15.3. The lowest BCUT2D eigenvalue weighted by atomic mass is 10.3. The third-order valence-corrected chi connectivity index (χ3v) is 2.91. The van der Waals surface area contributed by atoms with Crippen molar-refractivity contribution in [1.29, 1.82) is 0 Å². The number of hydrogen-bond donors (Lipinski definition) is 0. The second-order valence-electron chi connectivity index (χ2n) is 3.49. The standard InChI is InChI=1S/C12H10BrFN2O2/c1-2-18-12(17)11-6-16(7-15-11)8-3-4-9(13)10(14)5-8/h3-7H,2H2,1H3. The van der Waals surface area contributed by atoms with Crippen molar-refractivity contribution in [3.8, 4) is 5.69 Å². The number of benzene rings is 1. The Morgan fingerprint density at radius 1 is 1.56 bits per heavy atom. The minimum Gasteiger partial charge on any atom is -0.461 e. The maximum Gasteiger partial charge on any atom is 0.358 e. The third kappa shape index (κ3) is 2.59. The van der Waals surface area contributed by atoms with E-state index in [0.717, 1.165) is 0 Å². The van der Waals surface area contributed by atoms with Crippen LogP contribution in [0.5, 0.6) is 0 Å². The molecule has 2 aromatic rings. The number of aromatic nitrogens is 2. The maximum atomic E-state index is 13.4. The first-order chi connectivity index (χ1) is 8.61. The Morgan fingerprint density at radius 3 is 3.00 bits per heavy atom. The summed E-state index contributed by atoms with van der Waals surface area (Å²) >= 11 is 3.08. The van der Waals surface area contributed by atoms with Gasteiger partial charge in [0.2, 0.25) is 0 Å². The second kappa shape index (κ2) is 5.30. The summed E-state index contributed by atoms with van der Waals surface area (Å²) in [5.41, 5.74) is 0.777. The highest BCUT2D eigenvalue weighted by molar-refractivity contribution is 9.10. The van der Waals surface area contributed by atoms with Gasteiger partial charge in [0.1, 0.15) is 12.1 Å². The number of halogens is 2. The highest BCUT2D eigenvalue weighted by Crippen LogP contribution is 2.19. The molecule has 1 aromatic carbocycles. The number of ether oxygens (including phenoxy) is 1. The van der Waals surface area contributed by atoms with E-state index in [4.69, 9.17) is 4.74 Å². The predicted molar refractivity (Wildman–Crippen MR) is 67.2 cm³/mol. The fourth-order valence-corrected chi connectivity index (χ4v) is 1.67. The molecule has 6 heteroatoms. The molecule has 1 heterocycles. The van der Waals surface area contributed by atoms with E-state index in [1.807, 2.05) is 0 Å². The van der Waals surface area contributed by atoms with Gasteiger partial charge >= 0.3 is 5.97 Å². The molecule has 2 rings (SSSR count). The van der Waals surface area contributed by atoms with E-state index in [0.29, 0.717) is 16.8 Å². The summed E-state index contributed by atoms with van der Waals surface area (Å²) in [6.45, 7) is 2.01. The van der Waals surface area contributed by atoms with Crippen molar-refractivity contribution in [3.05, 3.63) is 46.7 Å². The lowest BCUT2D eigenvalue weighted by molar-refractivity contribution is 0.0520. The fourth-order valence-electron chi connectivity index (χ4n) is 1.42. The zero-order valence-corrected chi connectivity index (χ0v) is 11.1. The summed E-state index contributed by atoms with van der Waals surface area (Å²) in [7, 11) is 0. The van der Waals surface area contributed by atoms with Gasteiger partial charge in [0.05, 0.1) is 11.1 Å². The Hall–Kier alpha value is -1.69. The Balaban J connectivity index is 2.29. The second-order valence-corrected chi connectivity index (χ2v) is 4.34. The highest BCUT2D eigenvalue weighted by atomic mass is 79.9. The van der Waals surface area contributed by atoms with Crippen molar-refractivity contribution < 1.29 is 13.9 Å². The summed E-state index contributed by atoms with van der Waals surface area (Å²) in [5.74, 6) is -0.868. The summed E-state index contributed by atoms with van der Waals surface area (Å²) in [6, 6.07) is 4.65. The molecule has 0 amide bonds. The van der Waals surface area contributed by atoms with E-state index >= 15 is 0 Å². The molecule has 0 saturated heterocycles. The van der Waals surface area contributed by atoms with Crippen LogP contribution in [0, 0.1) is 5.82 Å².